The molecule has 0 spiro atoms. The van der Waals surface area contributed by atoms with Crippen molar-refractivity contribution in [3.05, 3.63) is 36.5 Å². The third-order valence-electron chi connectivity index (χ3n) is 2.18. The number of hydrogen-bond acceptors (Lipinski definition) is 1. The normalized spacial score (nSPS) is 11.2. The van der Waals surface area contributed by atoms with E-state index in [2.05, 4.69) is 24.8 Å². The molecule has 0 unspecified atom stereocenters. The number of allylic oxidation sites excluding steroid dienone is 6. The molecule has 0 atom stereocenters. The molecule has 0 bridgehead atoms. The number of aliphatic carboxylic acids is 1. The molecule has 0 fully saturated rings. The molecule has 0 radical (unpaired) electrons. The molecule has 0 saturated heterocycles. The maximum atomic E-state index is 10.3. The lowest BCUT2D eigenvalue weighted by atomic mass is 10.2. The molecule has 98 valence electrons. The van der Waals surface area contributed by atoms with Crippen molar-refractivity contribution in [3.63, 3.8) is 0 Å². The number of carboxylic acids is 1. The Morgan fingerprint density at radius 1 is 1.06 bits per heavy atom. The maximum absolute atomic E-state index is 10.3. The summed E-state index contributed by atoms with van der Waals surface area (Å²) in [6, 6.07) is 0. The van der Waals surface area contributed by atoms with Gasteiger partial charge in [-0.15, -0.1) is 0 Å². The van der Waals surface area contributed by atoms with Gasteiger partial charge in [0, 0.05) is 6.42 Å². The highest BCUT2D eigenvalue weighted by molar-refractivity contribution is 5.66. The Labute approximate surface area is 110 Å². The standard InChI is InChI=1S/C16H22O2/c1-2-3-4-5-6-7-8-9-10-11-12-13-14-15-16(17)18/h4-5,8-11H,2-3,12-15H2,1H3,(H,17,18)/b5-4+,9-8+,11-10+. The lowest BCUT2D eigenvalue weighted by Gasteiger charge is -1.91. The minimum Gasteiger partial charge on any atom is -0.481 e. The zero-order chi connectivity index (χ0) is 13.5. The van der Waals surface area contributed by atoms with Crippen molar-refractivity contribution in [2.75, 3.05) is 0 Å². The summed E-state index contributed by atoms with van der Waals surface area (Å²) in [6.07, 6.45) is 16.7. The van der Waals surface area contributed by atoms with E-state index in [1.807, 2.05) is 30.4 Å². The molecule has 2 heteroatoms. The van der Waals surface area contributed by atoms with E-state index in [0.717, 1.165) is 32.1 Å². The third-order valence-corrected chi connectivity index (χ3v) is 2.18. The van der Waals surface area contributed by atoms with Crippen LogP contribution in [0, 0.1) is 11.8 Å². The van der Waals surface area contributed by atoms with Crippen LogP contribution in [-0.2, 0) is 4.79 Å². The van der Waals surface area contributed by atoms with Crippen LogP contribution >= 0.6 is 0 Å². The van der Waals surface area contributed by atoms with Gasteiger partial charge < -0.3 is 5.11 Å². The van der Waals surface area contributed by atoms with Gasteiger partial charge in [0.05, 0.1) is 0 Å². The van der Waals surface area contributed by atoms with E-state index in [1.54, 1.807) is 0 Å². The molecule has 0 saturated carbocycles. The number of carbonyl (C=O) groups is 1. The minimum absolute atomic E-state index is 0.263. The Morgan fingerprint density at radius 2 is 1.83 bits per heavy atom. The second-order valence-electron chi connectivity index (χ2n) is 3.91. The summed E-state index contributed by atoms with van der Waals surface area (Å²) in [7, 11) is 0. The first-order valence-corrected chi connectivity index (χ1v) is 6.47. The minimum atomic E-state index is -0.717. The van der Waals surface area contributed by atoms with Crippen LogP contribution in [0.15, 0.2) is 36.5 Å². The largest absolute Gasteiger partial charge is 0.481 e. The van der Waals surface area contributed by atoms with Crippen molar-refractivity contribution in [2.24, 2.45) is 0 Å². The van der Waals surface area contributed by atoms with Crippen molar-refractivity contribution < 1.29 is 9.90 Å². The van der Waals surface area contributed by atoms with Crippen LogP contribution in [-0.4, -0.2) is 11.1 Å². The molecular weight excluding hydrogens is 224 g/mol. The van der Waals surface area contributed by atoms with E-state index in [9.17, 15) is 4.79 Å². The molecule has 0 aliphatic rings. The van der Waals surface area contributed by atoms with Crippen LogP contribution < -0.4 is 0 Å². The summed E-state index contributed by atoms with van der Waals surface area (Å²) in [5.41, 5.74) is 0. The maximum Gasteiger partial charge on any atom is 0.303 e. The van der Waals surface area contributed by atoms with Gasteiger partial charge in [-0.3, -0.25) is 4.79 Å². The molecule has 0 amide bonds. The topological polar surface area (TPSA) is 37.3 Å². The van der Waals surface area contributed by atoms with E-state index < -0.39 is 5.97 Å². The molecule has 0 rings (SSSR count). The quantitative estimate of drug-likeness (QED) is 0.397. The lowest BCUT2D eigenvalue weighted by Crippen LogP contribution is -1.92. The number of carboxylic acid groups (broad SMARTS) is 1. The highest BCUT2D eigenvalue weighted by atomic mass is 16.4. The summed E-state index contributed by atoms with van der Waals surface area (Å²) in [5.74, 6) is 5.12. The van der Waals surface area contributed by atoms with Crippen LogP contribution in [0.5, 0.6) is 0 Å². The van der Waals surface area contributed by atoms with Crippen molar-refractivity contribution >= 4 is 5.97 Å². The molecule has 0 aliphatic heterocycles. The van der Waals surface area contributed by atoms with Gasteiger partial charge >= 0.3 is 5.97 Å². The van der Waals surface area contributed by atoms with Crippen LogP contribution in [0.2, 0.25) is 0 Å². The van der Waals surface area contributed by atoms with Crippen LogP contribution in [0.4, 0.5) is 0 Å². The lowest BCUT2D eigenvalue weighted by molar-refractivity contribution is -0.137. The number of hydrogen-bond donors (Lipinski definition) is 1. The van der Waals surface area contributed by atoms with Gasteiger partial charge in [0.1, 0.15) is 0 Å². The van der Waals surface area contributed by atoms with E-state index in [4.69, 9.17) is 5.11 Å². The van der Waals surface area contributed by atoms with E-state index in [1.165, 1.54) is 0 Å². The van der Waals surface area contributed by atoms with Crippen LogP contribution in [0.1, 0.15) is 45.4 Å². The van der Waals surface area contributed by atoms with Gasteiger partial charge in [-0.25, -0.2) is 0 Å². The first kappa shape index (κ1) is 16.2. The van der Waals surface area contributed by atoms with Crippen LogP contribution in [0.25, 0.3) is 0 Å². The van der Waals surface area contributed by atoms with E-state index >= 15 is 0 Å². The molecule has 0 heterocycles. The molecule has 0 aliphatic carbocycles. The van der Waals surface area contributed by atoms with E-state index in [-0.39, 0.29) is 6.42 Å². The zero-order valence-corrected chi connectivity index (χ0v) is 11.1. The number of unbranched alkanes of at least 4 members (excludes halogenated alkanes) is 3. The van der Waals surface area contributed by atoms with Gasteiger partial charge in [0.25, 0.3) is 0 Å². The summed E-state index contributed by atoms with van der Waals surface area (Å²) in [4.78, 5) is 10.3. The van der Waals surface area contributed by atoms with Gasteiger partial charge in [0.15, 0.2) is 0 Å². The molecule has 0 aromatic carbocycles. The summed E-state index contributed by atoms with van der Waals surface area (Å²) < 4.78 is 0. The first-order valence-electron chi connectivity index (χ1n) is 6.47. The van der Waals surface area contributed by atoms with Gasteiger partial charge in [-0.1, -0.05) is 49.5 Å². The predicted octanol–water partition coefficient (Wildman–Crippen LogP) is 4.10. The van der Waals surface area contributed by atoms with E-state index in [0.29, 0.717) is 0 Å². The van der Waals surface area contributed by atoms with Crippen molar-refractivity contribution in [1.82, 2.24) is 0 Å². The molecule has 18 heavy (non-hydrogen) atoms. The van der Waals surface area contributed by atoms with Crippen molar-refractivity contribution in [2.45, 2.75) is 45.4 Å². The summed E-state index contributed by atoms with van der Waals surface area (Å²) >= 11 is 0. The second-order valence-corrected chi connectivity index (χ2v) is 3.91. The fourth-order valence-electron chi connectivity index (χ4n) is 1.22. The zero-order valence-electron chi connectivity index (χ0n) is 11.1. The molecular formula is C16H22O2. The molecule has 2 nitrogen and oxygen atoms in total. The van der Waals surface area contributed by atoms with Gasteiger partial charge in [-0.05, 0) is 37.8 Å². The first-order chi connectivity index (χ1) is 8.77. The second kappa shape index (κ2) is 13.3. The van der Waals surface area contributed by atoms with Crippen LogP contribution in [0.3, 0.4) is 0 Å². The SMILES string of the molecule is CCC/C=C/C#C/C=C/C=C/CCCCC(=O)O. The highest BCUT2D eigenvalue weighted by Crippen LogP contribution is 2.00. The van der Waals surface area contributed by atoms with Crippen molar-refractivity contribution in [3.8, 4) is 11.8 Å². The molecule has 0 aromatic rings. The monoisotopic (exact) mass is 246 g/mol. The third kappa shape index (κ3) is 14.2. The average Bonchev–Trinajstić information content (AvgIpc) is 2.34. The molecule has 1 N–H and O–H groups in total. The van der Waals surface area contributed by atoms with Crippen molar-refractivity contribution in [1.29, 1.82) is 0 Å². The predicted molar refractivity (Wildman–Crippen MR) is 76.2 cm³/mol. The Morgan fingerprint density at radius 3 is 2.56 bits per heavy atom. The fraction of sp³-hybridized carbons (Fsp3) is 0.438. The number of rotatable bonds is 8. The average molecular weight is 246 g/mol. The Hall–Kier alpha value is -1.75. The fourth-order valence-corrected chi connectivity index (χ4v) is 1.22. The Kier molecular flexibility index (Phi) is 12.0. The summed E-state index contributed by atoms with van der Waals surface area (Å²) in [6.45, 7) is 2.14. The van der Waals surface area contributed by atoms with Gasteiger partial charge in [0.2, 0.25) is 0 Å². The highest BCUT2D eigenvalue weighted by Gasteiger charge is 1.93. The molecule has 0 aromatic heterocycles. The summed E-state index contributed by atoms with van der Waals surface area (Å²) in [5, 5.41) is 8.44. The Bertz CT molecular complexity index is 351. The van der Waals surface area contributed by atoms with Gasteiger partial charge in [-0.2, -0.15) is 0 Å². The Balaban J connectivity index is 3.53. The smallest absolute Gasteiger partial charge is 0.303 e.